The second-order valence-corrected chi connectivity index (χ2v) is 8.52. The van der Waals surface area contributed by atoms with Gasteiger partial charge in [0, 0.05) is 31.4 Å². The number of aliphatic hydroxyl groups excluding tert-OH is 1. The molecule has 5 nitrogen and oxygen atoms in total. The number of amides is 1. The molecule has 0 bridgehead atoms. The van der Waals surface area contributed by atoms with E-state index in [-0.39, 0.29) is 11.5 Å². The highest BCUT2D eigenvalue weighted by atomic mass is 16.3. The van der Waals surface area contributed by atoms with Crippen LogP contribution in [0.5, 0.6) is 0 Å². The number of benzene rings is 1. The first-order valence-corrected chi connectivity index (χ1v) is 10.3. The van der Waals surface area contributed by atoms with Crippen LogP contribution in [-0.2, 0) is 11.2 Å². The number of nitrogens with zero attached hydrogens (tertiary/aromatic N) is 3. The summed E-state index contributed by atoms with van der Waals surface area (Å²) in [6.07, 6.45) is 6.76. The molecule has 0 aromatic heterocycles. The second-order valence-electron chi connectivity index (χ2n) is 8.52. The summed E-state index contributed by atoms with van der Waals surface area (Å²) in [5.74, 6) is 0.342. The van der Waals surface area contributed by atoms with Gasteiger partial charge < -0.3 is 14.9 Å². The van der Waals surface area contributed by atoms with E-state index in [1.54, 1.807) is 0 Å². The fraction of sp³-hybridized carbons (Fsp3) is 0.636. The minimum absolute atomic E-state index is 0.179. The normalized spacial score (nSPS) is 31.3. The number of hydrogen-bond donors (Lipinski definition) is 1. The highest BCUT2D eigenvalue weighted by Crippen LogP contribution is 2.43. The van der Waals surface area contributed by atoms with E-state index in [9.17, 15) is 9.90 Å². The molecule has 0 unspecified atom stereocenters. The Hall–Kier alpha value is -2.06. The van der Waals surface area contributed by atoms with E-state index < -0.39 is 0 Å². The Bertz CT molecular complexity index is 718. The lowest BCUT2D eigenvalue weighted by Crippen LogP contribution is -2.50. The van der Waals surface area contributed by atoms with Gasteiger partial charge in [-0.2, -0.15) is 5.26 Å². The standard InChI is InChI=1S/C22H29N3O2/c23-13-10-17-2-4-18(5-3-17)24-14-1-11-22(16-24)12-15-25(21(22)27)19-6-8-20(26)9-7-19/h2-5,19-20,26H,1,6-12,14-16H2/t19-,20-,22-/m0/s1. The first kappa shape index (κ1) is 18.3. The number of anilines is 1. The first-order chi connectivity index (χ1) is 13.1. The third kappa shape index (κ3) is 3.55. The zero-order valence-electron chi connectivity index (χ0n) is 15.9. The van der Waals surface area contributed by atoms with Gasteiger partial charge in [0.15, 0.2) is 0 Å². The largest absolute Gasteiger partial charge is 0.393 e. The molecule has 1 saturated carbocycles. The highest BCUT2D eigenvalue weighted by Gasteiger charge is 2.50. The number of piperidine rings is 1. The van der Waals surface area contributed by atoms with Crippen LogP contribution < -0.4 is 4.90 Å². The lowest BCUT2D eigenvalue weighted by molar-refractivity contribution is -0.139. The monoisotopic (exact) mass is 367 g/mol. The van der Waals surface area contributed by atoms with Crippen LogP contribution in [-0.4, -0.2) is 47.7 Å². The summed E-state index contributed by atoms with van der Waals surface area (Å²) in [5.41, 5.74) is 1.96. The van der Waals surface area contributed by atoms with E-state index in [0.717, 1.165) is 75.8 Å². The highest BCUT2D eigenvalue weighted by molar-refractivity contribution is 5.86. The van der Waals surface area contributed by atoms with E-state index in [4.69, 9.17) is 5.26 Å². The molecular formula is C22H29N3O2. The molecule has 1 amide bonds. The van der Waals surface area contributed by atoms with Crippen molar-refractivity contribution < 1.29 is 9.90 Å². The van der Waals surface area contributed by atoms with Gasteiger partial charge in [-0.05, 0) is 62.6 Å². The predicted octanol–water partition coefficient (Wildman–Crippen LogP) is 2.88. The maximum absolute atomic E-state index is 13.4. The van der Waals surface area contributed by atoms with Gasteiger partial charge in [-0.3, -0.25) is 4.79 Å². The fourth-order valence-corrected chi connectivity index (χ4v) is 5.21. The van der Waals surface area contributed by atoms with Crippen LogP contribution in [0.2, 0.25) is 0 Å². The Morgan fingerprint density at radius 3 is 2.56 bits per heavy atom. The van der Waals surface area contributed by atoms with Crippen LogP contribution in [0.4, 0.5) is 5.69 Å². The van der Waals surface area contributed by atoms with Crippen molar-refractivity contribution in [1.82, 2.24) is 4.90 Å². The van der Waals surface area contributed by atoms with Crippen molar-refractivity contribution in [3.63, 3.8) is 0 Å². The maximum atomic E-state index is 13.4. The van der Waals surface area contributed by atoms with Gasteiger partial charge >= 0.3 is 0 Å². The summed E-state index contributed by atoms with van der Waals surface area (Å²) in [5, 5.41) is 18.6. The summed E-state index contributed by atoms with van der Waals surface area (Å²) in [6, 6.07) is 10.7. The van der Waals surface area contributed by atoms with Gasteiger partial charge in [-0.25, -0.2) is 0 Å². The summed E-state index contributed by atoms with van der Waals surface area (Å²) in [4.78, 5) is 17.9. The molecule has 2 aliphatic heterocycles. The van der Waals surface area contributed by atoms with Gasteiger partial charge in [0.25, 0.3) is 0 Å². The number of nitriles is 1. The minimum atomic E-state index is -0.236. The summed E-state index contributed by atoms with van der Waals surface area (Å²) < 4.78 is 0. The molecule has 144 valence electrons. The molecule has 1 aromatic carbocycles. The molecule has 4 rings (SSSR count). The van der Waals surface area contributed by atoms with E-state index >= 15 is 0 Å². The Labute approximate surface area is 161 Å². The topological polar surface area (TPSA) is 67.6 Å². The summed E-state index contributed by atoms with van der Waals surface area (Å²) in [7, 11) is 0. The van der Waals surface area contributed by atoms with Crippen molar-refractivity contribution >= 4 is 11.6 Å². The zero-order valence-corrected chi connectivity index (χ0v) is 15.9. The molecule has 27 heavy (non-hydrogen) atoms. The van der Waals surface area contributed by atoms with E-state index in [2.05, 4.69) is 28.0 Å². The maximum Gasteiger partial charge on any atom is 0.230 e. The Morgan fingerprint density at radius 2 is 1.85 bits per heavy atom. The Balaban J connectivity index is 1.45. The molecule has 1 spiro atoms. The molecule has 2 saturated heterocycles. The Morgan fingerprint density at radius 1 is 1.11 bits per heavy atom. The van der Waals surface area contributed by atoms with Crippen LogP contribution in [0.3, 0.4) is 0 Å². The molecule has 1 N–H and O–H groups in total. The molecule has 0 radical (unpaired) electrons. The van der Waals surface area contributed by atoms with E-state index in [0.29, 0.717) is 18.4 Å². The predicted molar refractivity (Wildman–Crippen MR) is 104 cm³/mol. The quantitative estimate of drug-likeness (QED) is 0.892. The number of likely N-dealkylation sites (tertiary alicyclic amines) is 1. The second kappa shape index (κ2) is 7.52. The number of rotatable bonds is 3. The van der Waals surface area contributed by atoms with Crippen molar-refractivity contribution in [1.29, 1.82) is 5.26 Å². The van der Waals surface area contributed by atoms with Crippen LogP contribution in [0.25, 0.3) is 0 Å². The molecule has 3 aliphatic rings. The molecule has 1 atom stereocenters. The third-order valence-corrected chi connectivity index (χ3v) is 6.81. The lowest BCUT2D eigenvalue weighted by atomic mass is 9.78. The molecule has 1 aliphatic carbocycles. The molecule has 5 heteroatoms. The smallest absolute Gasteiger partial charge is 0.230 e. The fourth-order valence-electron chi connectivity index (χ4n) is 5.21. The zero-order chi connectivity index (χ0) is 18.9. The van der Waals surface area contributed by atoms with Gasteiger partial charge in [0.2, 0.25) is 5.91 Å². The van der Waals surface area contributed by atoms with Crippen molar-refractivity contribution in [3.05, 3.63) is 29.8 Å². The van der Waals surface area contributed by atoms with Gasteiger partial charge in [-0.15, -0.1) is 0 Å². The molecule has 3 fully saturated rings. The summed E-state index contributed by atoms with van der Waals surface area (Å²) in [6.45, 7) is 2.66. The summed E-state index contributed by atoms with van der Waals surface area (Å²) >= 11 is 0. The van der Waals surface area contributed by atoms with E-state index in [1.807, 2.05) is 12.1 Å². The number of aliphatic hydroxyl groups is 1. The van der Waals surface area contributed by atoms with Gasteiger partial charge in [0.1, 0.15) is 0 Å². The SMILES string of the molecule is N#CCc1ccc(N2CCC[C@]3(CCN([C@H]4CC[C@H](O)CC4)C3=O)C2)cc1. The number of carbonyl (C=O) groups is 1. The van der Waals surface area contributed by atoms with E-state index in [1.165, 1.54) is 0 Å². The first-order valence-electron chi connectivity index (χ1n) is 10.3. The number of hydrogen-bond acceptors (Lipinski definition) is 4. The Kier molecular flexibility index (Phi) is 5.10. The van der Waals surface area contributed by atoms with Crippen molar-refractivity contribution in [2.24, 2.45) is 5.41 Å². The van der Waals surface area contributed by atoms with Gasteiger partial charge in [-0.1, -0.05) is 12.1 Å². The lowest BCUT2D eigenvalue weighted by Gasteiger charge is -2.41. The van der Waals surface area contributed by atoms with Gasteiger partial charge in [0.05, 0.1) is 24.0 Å². The van der Waals surface area contributed by atoms with Crippen LogP contribution in [0.15, 0.2) is 24.3 Å². The van der Waals surface area contributed by atoms with Crippen LogP contribution >= 0.6 is 0 Å². The molecule has 1 aromatic rings. The molecular weight excluding hydrogens is 338 g/mol. The average molecular weight is 367 g/mol. The molecule has 2 heterocycles. The van der Waals surface area contributed by atoms with Crippen LogP contribution in [0.1, 0.15) is 50.5 Å². The van der Waals surface area contributed by atoms with Crippen molar-refractivity contribution in [3.8, 4) is 6.07 Å². The van der Waals surface area contributed by atoms with Crippen molar-refractivity contribution in [2.45, 2.75) is 63.5 Å². The average Bonchev–Trinajstić information content (AvgIpc) is 2.99. The van der Waals surface area contributed by atoms with Crippen molar-refractivity contribution in [2.75, 3.05) is 24.5 Å². The number of carbonyl (C=O) groups excluding carboxylic acids is 1. The third-order valence-electron chi connectivity index (χ3n) is 6.81. The van der Waals surface area contributed by atoms with Crippen LogP contribution in [0, 0.1) is 16.7 Å². The minimum Gasteiger partial charge on any atom is -0.393 e.